The molecular formula is C14H14ClN3O2. The maximum absolute atomic E-state index is 10.7. The van der Waals surface area contributed by atoms with Gasteiger partial charge >= 0.3 is 0 Å². The number of pyridine rings is 1. The van der Waals surface area contributed by atoms with E-state index < -0.39 is 4.92 Å². The number of benzene rings is 1. The van der Waals surface area contributed by atoms with Crippen molar-refractivity contribution in [3.05, 3.63) is 68.5 Å². The molecule has 0 fully saturated rings. The van der Waals surface area contributed by atoms with Crippen LogP contribution in [0.15, 0.2) is 36.5 Å². The largest absolute Gasteiger partial charge is 0.307 e. The van der Waals surface area contributed by atoms with E-state index in [1.54, 1.807) is 12.3 Å². The standard InChI is InChI=1S/C14H14ClN3O2/c1-10-3-2-6-17-14(10)9-16-8-11-7-12(18(19)20)4-5-13(11)15/h2-7,16H,8-9H2,1H3. The van der Waals surface area contributed by atoms with Gasteiger partial charge in [0, 0.05) is 36.4 Å². The number of nitrogens with one attached hydrogen (secondary N) is 1. The minimum atomic E-state index is -0.428. The summed E-state index contributed by atoms with van der Waals surface area (Å²) in [4.78, 5) is 14.6. The maximum atomic E-state index is 10.7. The molecule has 1 heterocycles. The Labute approximate surface area is 121 Å². The number of nitrogens with zero attached hydrogens (tertiary/aromatic N) is 2. The van der Waals surface area contributed by atoms with E-state index in [4.69, 9.17) is 11.6 Å². The lowest BCUT2D eigenvalue weighted by Gasteiger charge is -2.08. The first-order valence-electron chi connectivity index (χ1n) is 6.12. The molecule has 1 aromatic carbocycles. The van der Waals surface area contributed by atoms with E-state index in [2.05, 4.69) is 10.3 Å². The van der Waals surface area contributed by atoms with Crippen molar-refractivity contribution in [3.63, 3.8) is 0 Å². The molecule has 0 aliphatic heterocycles. The van der Waals surface area contributed by atoms with Crippen LogP contribution < -0.4 is 5.32 Å². The minimum Gasteiger partial charge on any atom is -0.307 e. The molecule has 6 heteroatoms. The second-order valence-corrected chi connectivity index (χ2v) is 4.81. The Balaban J connectivity index is 2.02. The Morgan fingerprint density at radius 3 is 2.85 bits per heavy atom. The summed E-state index contributed by atoms with van der Waals surface area (Å²) in [6.45, 7) is 3.03. The highest BCUT2D eigenvalue weighted by Crippen LogP contribution is 2.21. The fourth-order valence-corrected chi connectivity index (χ4v) is 2.01. The molecule has 0 bridgehead atoms. The van der Waals surface area contributed by atoms with Crippen molar-refractivity contribution in [2.24, 2.45) is 0 Å². The molecule has 0 radical (unpaired) electrons. The number of nitro benzene ring substituents is 1. The van der Waals surface area contributed by atoms with E-state index in [-0.39, 0.29) is 5.69 Å². The molecule has 1 N–H and O–H groups in total. The van der Waals surface area contributed by atoms with Gasteiger partial charge in [-0.15, -0.1) is 0 Å². The Morgan fingerprint density at radius 2 is 2.15 bits per heavy atom. The first-order valence-corrected chi connectivity index (χ1v) is 6.50. The van der Waals surface area contributed by atoms with Crippen LogP contribution in [-0.4, -0.2) is 9.91 Å². The lowest BCUT2D eigenvalue weighted by molar-refractivity contribution is -0.384. The number of hydrogen-bond acceptors (Lipinski definition) is 4. The molecule has 104 valence electrons. The van der Waals surface area contributed by atoms with Gasteiger partial charge in [0.15, 0.2) is 0 Å². The Kier molecular flexibility index (Phi) is 4.65. The van der Waals surface area contributed by atoms with E-state index >= 15 is 0 Å². The second-order valence-electron chi connectivity index (χ2n) is 4.40. The summed E-state index contributed by atoms with van der Waals surface area (Å²) < 4.78 is 0. The van der Waals surface area contributed by atoms with Crippen molar-refractivity contribution >= 4 is 17.3 Å². The summed E-state index contributed by atoms with van der Waals surface area (Å²) in [5, 5.41) is 14.4. The third-order valence-electron chi connectivity index (χ3n) is 2.97. The van der Waals surface area contributed by atoms with Crippen LogP contribution >= 0.6 is 11.6 Å². The highest BCUT2D eigenvalue weighted by Gasteiger charge is 2.09. The van der Waals surface area contributed by atoms with Crippen molar-refractivity contribution in [3.8, 4) is 0 Å². The average Bonchev–Trinajstić information content (AvgIpc) is 2.42. The third kappa shape index (κ3) is 3.53. The molecule has 5 nitrogen and oxygen atoms in total. The molecule has 0 aliphatic carbocycles. The monoisotopic (exact) mass is 291 g/mol. The number of aromatic nitrogens is 1. The minimum absolute atomic E-state index is 0.0419. The third-order valence-corrected chi connectivity index (χ3v) is 3.33. The van der Waals surface area contributed by atoms with Crippen LogP contribution in [0.2, 0.25) is 5.02 Å². The number of aryl methyl sites for hydroxylation is 1. The Morgan fingerprint density at radius 1 is 1.35 bits per heavy atom. The molecular weight excluding hydrogens is 278 g/mol. The zero-order chi connectivity index (χ0) is 14.5. The molecule has 0 atom stereocenters. The zero-order valence-corrected chi connectivity index (χ0v) is 11.7. The Hall–Kier alpha value is -1.98. The molecule has 20 heavy (non-hydrogen) atoms. The molecule has 0 saturated carbocycles. The van der Waals surface area contributed by atoms with Crippen molar-refractivity contribution in [1.82, 2.24) is 10.3 Å². The van der Waals surface area contributed by atoms with E-state index in [0.717, 1.165) is 11.3 Å². The predicted octanol–water partition coefficient (Wildman–Crippen LogP) is 3.24. The van der Waals surface area contributed by atoms with E-state index in [0.29, 0.717) is 23.7 Å². The lowest BCUT2D eigenvalue weighted by atomic mass is 10.2. The molecule has 2 aromatic rings. The number of non-ortho nitro benzene ring substituents is 1. The number of nitro groups is 1. The van der Waals surface area contributed by atoms with Gasteiger partial charge in [0.05, 0.1) is 10.6 Å². The highest BCUT2D eigenvalue weighted by atomic mass is 35.5. The summed E-state index contributed by atoms with van der Waals surface area (Å²) >= 11 is 6.04. The second kappa shape index (κ2) is 6.45. The first-order chi connectivity index (χ1) is 9.58. The van der Waals surface area contributed by atoms with Gasteiger partial charge in [-0.2, -0.15) is 0 Å². The van der Waals surface area contributed by atoms with Crippen molar-refractivity contribution in [2.75, 3.05) is 0 Å². The fourth-order valence-electron chi connectivity index (χ4n) is 1.83. The summed E-state index contributed by atoms with van der Waals surface area (Å²) in [7, 11) is 0. The Bertz CT molecular complexity index is 632. The summed E-state index contributed by atoms with van der Waals surface area (Å²) in [5.41, 5.74) is 2.80. The number of halogens is 1. The molecule has 1 aromatic heterocycles. The zero-order valence-electron chi connectivity index (χ0n) is 11.0. The molecule has 2 rings (SSSR count). The summed E-state index contributed by atoms with van der Waals surface area (Å²) in [6, 6.07) is 8.30. The van der Waals surface area contributed by atoms with Crippen molar-refractivity contribution in [1.29, 1.82) is 0 Å². The molecule has 0 amide bonds. The van der Waals surface area contributed by atoms with Crippen LogP contribution in [0, 0.1) is 17.0 Å². The van der Waals surface area contributed by atoms with Gasteiger partial charge in [-0.1, -0.05) is 17.7 Å². The van der Waals surface area contributed by atoms with E-state index in [1.165, 1.54) is 12.1 Å². The van der Waals surface area contributed by atoms with Gasteiger partial charge in [-0.25, -0.2) is 0 Å². The normalized spacial score (nSPS) is 10.5. The molecule has 0 unspecified atom stereocenters. The predicted molar refractivity (Wildman–Crippen MR) is 77.6 cm³/mol. The van der Waals surface area contributed by atoms with Gasteiger partial charge in [0.2, 0.25) is 0 Å². The van der Waals surface area contributed by atoms with Crippen molar-refractivity contribution in [2.45, 2.75) is 20.0 Å². The van der Waals surface area contributed by atoms with Crippen LogP contribution in [0.4, 0.5) is 5.69 Å². The first kappa shape index (κ1) is 14.4. The SMILES string of the molecule is Cc1cccnc1CNCc1cc([N+](=O)[O-])ccc1Cl. The quantitative estimate of drug-likeness (QED) is 0.678. The van der Waals surface area contributed by atoms with Gasteiger partial charge in [0.25, 0.3) is 5.69 Å². The lowest BCUT2D eigenvalue weighted by Crippen LogP contribution is -2.15. The smallest absolute Gasteiger partial charge is 0.269 e. The highest BCUT2D eigenvalue weighted by molar-refractivity contribution is 6.31. The number of hydrogen-bond donors (Lipinski definition) is 1. The molecule has 0 saturated heterocycles. The summed E-state index contributed by atoms with van der Waals surface area (Å²) in [6.07, 6.45) is 1.74. The molecule has 0 spiro atoms. The van der Waals surface area contributed by atoms with Gasteiger partial charge < -0.3 is 5.32 Å². The van der Waals surface area contributed by atoms with E-state index in [9.17, 15) is 10.1 Å². The number of rotatable bonds is 5. The van der Waals surface area contributed by atoms with Crippen LogP contribution in [-0.2, 0) is 13.1 Å². The van der Waals surface area contributed by atoms with Crippen LogP contribution in [0.1, 0.15) is 16.8 Å². The molecule has 0 aliphatic rings. The van der Waals surface area contributed by atoms with E-state index in [1.807, 2.05) is 19.1 Å². The maximum Gasteiger partial charge on any atom is 0.269 e. The summed E-state index contributed by atoms with van der Waals surface area (Å²) in [5.74, 6) is 0. The van der Waals surface area contributed by atoms with Gasteiger partial charge in [0.1, 0.15) is 0 Å². The topological polar surface area (TPSA) is 68.1 Å². The van der Waals surface area contributed by atoms with Gasteiger partial charge in [-0.05, 0) is 30.2 Å². The van der Waals surface area contributed by atoms with Crippen LogP contribution in [0.25, 0.3) is 0 Å². The average molecular weight is 292 g/mol. The van der Waals surface area contributed by atoms with Crippen LogP contribution in [0.3, 0.4) is 0 Å². The van der Waals surface area contributed by atoms with Gasteiger partial charge in [-0.3, -0.25) is 15.1 Å². The van der Waals surface area contributed by atoms with Crippen LogP contribution in [0.5, 0.6) is 0 Å². The fraction of sp³-hybridized carbons (Fsp3) is 0.214. The van der Waals surface area contributed by atoms with Crippen molar-refractivity contribution < 1.29 is 4.92 Å².